The van der Waals surface area contributed by atoms with Crippen LogP contribution in [0.25, 0.3) is 0 Å². The van der Waals surface area contributed by atoms with E-state index in [1.165, 1.54) is 6.34 Å². The van der Waals surface area contributed by atoms with Crippen LogP contribution in [0, 0.1) is 6.23 Å². The summed E-state index contributed by atoms with van der Waals surface area (Å²) >= 11 is 0. The number of aliphatic imine (C=N–C) groups is 2. The van der Waals surface area contributed by atoms with Crippen LogP contribution in [-0.4, -0.2) is 12.2 Å². The first-order chi connectivity index (χ1) is 3.79. The molecule has 1 heterocycles. The maximum absolute atomic E-state index is 4.95. The van der Waals surface area contributed by atoms with E-state index < -0.39 is 0 Å². The topological polar surface area (TPSA) is 34.0 Å². The number of ether oxygens (including phenoxy) is 1. The van der Waals surface area contributed by atoms with E-state index >= 15 is 0 Å². The van der Waals surface area contributed by atoms with Crippen LogP contribution in [0.2, 0.25) is 0 Å². The van der Waals surface area contributed by atoms with Crippen LogP contribution in [0.3, 0.4) is 0 Å². The number of hydrogen-bond donors (Lipinski definition) is 0. The van der Waals surface area contributed by atoms with Crippen LogP contribution < -0.4 is 0 Å². The maximum atomic E-state index is 4.95. The molecule has 1 rings (SSSR count). The predicted octanol–water partition coefficient (Wildman–Crippen LogP) is 0.973. The van der Waals surface area contributed by atoms with Gasteiger partial charge in [-0.2, -0.15) is 0 Å². The van der Waals surface area contributed by atoms with Gasteiger partial charge in [0.05, 0.1) is 0 Å². The number of rotatable bonds is 0. The third-order valence-corrected chi connectivity index (χ3v) is 0.774. The van der Waals surface area contributed by atoms with Gasteiger partial charge in [0, 0.05) is 13.2 Å². The van der Waals surface area contributed by atoms with Gasteiger partial charge in [-0.3, -0.25) is 0 Å². The van der Waals surface area contributed by atoms with E-state index in [1.54, 1.807) is 13.8 Å². The van der Waals surface area contributed by atoms with Gasteiger partial charge in [0.1, 0.15) is 0 Å². The second-order valence-electron chi connectivity index (χ2n) is 1.51. The Morgan fingerprint density at radius 3 is 2.67 bits per heavy atom. The van der Waals surface area contributed by atoms with Crippen molar-refractivity contribution in [3.8, 4) is 0 Å². The molecule has 0 aromatic carbocycles. The molecule has 0 aromatic heterocycles. The Morgan fingerprint density at radius 2 is 2.33 bits per heavy atom. The fourth-order valence-corrected chi connectivity index (χ4v) is 0.458. The first-order valence-electron chi connectivity index (χ1n) is 2.37. The molecular weight excluding hydrogens is 366 g/mol. The minimum Gasteiger partial charge on any atom is -0.522 e. The van der Waals surface area contributed by atoms with Crippen LogP contribution in [0.1, 0.15) is 13.8 Å². The largest absolute Gasteiger partial charge is 0.522 e. The second-order valence-corrected chi connectivity index (χ2v) is 1.51. The van der Waals surface area contributed by atoms with E-state index in [-0.39, 0.29) is 0 Å². The standard InChI is InChI=1S/C5H7N2O.Lr/c1-4-6-3-7-5(2)8-4;/h3H,1-2H3;/q-1;. The average Bonchev–Trinajstić information content (AvgIpc) is 1.64. The molecule has 1 aliphatic rings. The molecule has 0 aliphatic carbocycles. The molecule has 0 N–H and O–H groups in total. The van der Waals surface area contributed by atoms with Gasteiger partial charge < -0.3 is 14.7 Å². The van der Waals surface area contributed by atoms with Crippen molar-refractivity contribution >= 4 is 12.2 Å². The monoisotopic (exact) mass is 373 g/mol. The van der Waals surface area contributed by atoms with Crippen molar-refractivity contribution in [3.05, 3.63) is 6.23 Å². The van der Waals surface area contributed by atoms with E-state index in [9.17, 15) is 0 Å². The van der Waals surface area contributed by atoms with Crippen molar-refractivity contribution in [2.45, 2.75) is 13.8 Å². The molecule has 0 bridgehead atoms. The van der Waals surface area contributed by atoms with E-state index in [2.05, 4.69) is 9.98 Å². The molecule has 59 valence electrons. The van der Waals surface area contributed by atoms with Gasteiger partial charge in [-0.25, -0.2) is 0 Å². The zero-order chi connectivity index (χ0) is 5.98. The normalized spacial score (nSPS) is 15.8. The summed E-state index contributed by atoms with van der Waals surface area (Å²) < 4.78 is 4.95. The molecule has 0 saturated heterocycles. The molecule has 4 heteroatoms. The van der Waals surface area contributed by atoms with Gasteiger partial charge in [-0.15, -0.1) is 0 Å². The summed E-state index contributed by atoms with van der Waals surface area (Å²) in [5.74, 6) is 0.650. The van der Waals surface area contributed by atoms with Gasteiger partial charge >= 0.3 is 0 Å². The van der Waals surface area contributed by atoms with E-state index in [0.717, 1.165) is 0 Å². The molecule has 0 fully saturated rings. The molecule has 1 aliphatic heterocycles. The molecule has 0 aromatic rings. The summed E-state index contributed by atoms with van der Waals surface area (Å²) in [5.41, 5.74) is 0. The maximum Gasteiger partial charge on any atom is 0.156 e. The molecule has 9 heavy (non-hydrogen) atoms. The Morgan fingerprint density at radius 1 is 1.67 bits per heavy atom. The zero-order valence-corrected chi connectivity index (χ0v) is 7.29. The fourth-order valence-electron chi connectivity index (χ4n) is 0.458. The summed E-state index contributed by atoms with van der Waals surface area (Å²) in [6.45, 7) is 3.57. The van der Waals surface area contributed by atoms with Crippen molar-refractivity contribution in [1.82, 2.24) is 0 Å². The summed E-state index contributed by atoms with van der Waals surface area (Å²) in [5, 5.41) is 0. The van der Waals surface area contributed by atoms with Crippen LogP contribution in [0.15, 0.2) is 9.98 Å². The molecule has 0 spiro atoms. The van der Waals surface area contributed by atoms with Crippen molar-refractivity contribution in [2.75, 3.05) is 0 Å². The molecule has 0 atom stereocenters. The molecule has 0 amide bonds. The SMILES string of the molecule is CC1=NC=N[C-](C)O1.[Lr]. The number of nitrogens with zero attached hydrogens (tertiary/aromatic N) is 2. The third kappa shape index (κ3) is 1.51. The molecule has 0 unspecified atom stereocenters. The minimum absolute atomic E-state index is 0. The Hall–Kier alpha value is -1.99. The first-order valence-corrected chi connectivity index (χ1v) is 2.37. The minimum atomic E-state index is 0. The molecule has 0 saturated carbocycles. The van der Waals surface area contributed by atoms with Crippen LogP contribution in [0.4, 0.5) is 0 Å². The fraction of sp³-hybridized carbons (Fsp3) is 0.400. The van der Waals surface area contributed by atoms with Crippen molar-refractivity contribution < 1.29 is 4.74 Å². The average molecular weight is 373 g/mol. The molecular formula is C5H7LrN2O-. The van der Waals surface area contributed by atoms with E-state index in [4.69, 9.17) is 4.74 Å². The van der Waals surface area contributed by atoms with Gasteiger partial charge in [-0.05, 0) is 6.34 Å². The van der Waals surface area contributed by atoms with E-state index in [0.29, 0.717) is 12.1 Å². The summed E-state index contributed by atoms with van der Waals surface area (Å²) in [6.07, 6.45) is 2.13. The predicted molar refractivity (Wildman–Crippen MR) is 31.6 cm³/mol. The van der Waals surface area contributed by atoms with Gasteiger partial charge in [-0.1, -0.05) is 6.92 Å². The summed E-state index contributed by atoms with van der Waals surface area (Å²) in [7, 11) is 0. The van der Waals surface area contributed by atoms with Crippen LogP contribution in [-0.2, 0) is 4.74 Å². The summed E-state index contributed by atoms with van der Waals surface area (Å²) in [4.78, 5) is 7.52. The first kappa shape index (κ1) is 7.01. The number of hydrogen-bond acceptors (Lipinski definition) is 3. The van der Waals surface area contributed by atoms with Crippen LogP contribution in [0.5, 0.6) is 0 Å². The Bertz CT molecular complexity index is 144. The molecule has 3 nitrogen and oxygen atoms in total. The van der Waals surface area contributed by atoms with Gasteiger partial charge in [0.15, 0.2) is 5.90 Å². The summed E-state index contributed by atoms with van der Waals surface area (Å²) in [6, 6.07) is 0. The smallest absolute Gasteiger partial charge is 0.156 e. The Balaban J connectivity index is 0.000000640. The Labute approximate surface area is 48.1 Å². The van der Waals surface area contributed by atoms with Gasteiger partial charge in [0.25, 0.3) is 0 Å². The van der Waals surface area contributed by atoms with E-state index in [1.807, 2.05) is 0 Å². The van der Waals surface area contributed by atoms with Gasteiger partial charge in [0.2, 0.25) is 0 Å². The quantitative estimate of drug-likeness (QED) is 0.583. The molecule has 1 radical (unpaired) electrons. The van der Waals surface area contributed by atoms with Crippen molar-refractivity contribution in [2.24, 2.45) is 9.98 Å². The second kappa shape index (κ2) is 2.35. The zero-order valence-electron chi connectivity index (χ0n) is 5.14. The third-order valence-electron chi connectivity index (χ3n) is 0.774. The van der Waals surface area contributed by atoms with Crippen LogP contribution >= 0.6 is 0 Å². The van der Waals surface area contributed by atoms with Crippen molar-refractivity contribution in [1.29, 1.82) is 0 Å². The Kier molecular flexibility index (Phi) is 1.83. The van der Waals surface area contributed by atoms with Crippen molar-refractivity contribution in [3.63, 3.8) is 0 Å².